The number of rotatable bonds is 3. The number of piperidine rings is 1. The number of carbonyl (C=O) groups excluding carboxylic acids is 3. The van der Waals surface area contributed by atoms with Gasteiger partial charge in [0.15, 0.2) is 0 Å². The molecule has 10 nitrogen and oxygen atoms in total. The lowest BCUT2D eigenvalue weighted by atomic mass is 10.1. The van der Waals surface area contributed by atoms with Crippen molar-refractivity contribution in [3.8, 4) is 11.8 Å². The van der Waals surface area contributed by atoms with Crippen LogP contribution in [0.3, 0.4) is 0 Å². The number of imidazole rings is 1. The molecule has 1 N–H and O–H groups in total. The Morgan fingerprint density at radius 3 is 2.69 bits per heavy atom. The van der Waals surface area contributed by atoms with E-state index in [0.29, 0.717) is 36.1 Å². The molecule has 2 saturated heterocycles. The van der Waals surface area contributed by atoms with Gasteiger partial charge in [0.1, 0.15) is 18.2 Å². The highest BCUT2D eigenvalue weighted by Gasteiger charge is 2.32. The van der Waals surface area contributed by atoms with Gasteiger partial charge in [-0.15, -0.1) is 0 Å². The Bertz CT molecular complexity index is 1290. The molecule has 0 aliphatic carbocycles. The molecular formula is C25H30N4O6. The second kappa shape index (κ2) is 9.58. The van der Waals surface area contributed by atoms with Crippen molar-refractivity contribution in [2.75, 3.05) is 19.7 Å². The summed E-state index contributed by atoms with van der Waals surface area (Å²) in [5, 5.41) is 2.31. The van der Waals surface area contributed by atoms with E-state index in [4.69, 9.17) is 9.47 Å². The zero-order chi connectivity index (χ0) is 25.3. The molecule has 186 valence electrons. The predicted octanol–water partition coefficient (Wildman–Crippen LogP) is 1.70. The van der Waals surface area contributed by atoms with Gasteiger partial charge in [0.25, 0.3) is 0 Å². The lowest BCUT2D eigenvalue weighted by Gasteiger charge is -2.24. The fourth-order valence-electron chi connectivity index (χ4n) is 4.42. The molecule has 1 aromatic carbocycles. The normalized spacial score (nSPS) is 20.5. The molecule has 1 aromatic heterocycles. The zero-order valence-corrected chi connectivity index (χ0v) is 20.4. The topological polar surface area (TPSA) is 112 Å². The lowest BCUT2D eigenvalue weighted by Crippen LogP contribution is -2.44. The van der Waals surface area contributed by atoms with Crippen LogP contribution in [0.15, 0.2) is 23.0 Å². The highest BCUT2D eigenvalue weighted by atomic mass is 16.6. The second-order valence-electron chi connectivity index (χ2n) is 9.80. The van der Waals surface area contributed by atoms with Crippen molar-refractivity contribution in [2.24, 2.45) is 7.05 Å². The third-order valence-electron chi connectivity index (χ3n) is 6.04. The number of para-hydroxylation sites is 1. The third-order valence-corrected chi connectivity index (χ3v) is 6.04. The van der Waals surface area contributed by atoms with Crippen molar-refractivity contribution in [1.29, 1.82) is 0 Å². The molecule has 2 atom stereocenters. The SMILES string of the molecule is Cn1c(=O)n(C2CCC(=O)NC2=O)c2cccc(C#CCO[C@@H]3CCN(C(=O)OC(C)(C)C)C3)c21. The number of fused-ring (bicyclic) bond motifs is 1. The number of imide groups is 1. The molecule has 2 aliphatic heterocycles. The van der Waals surface area contributed by atoms with Crippen LogP contribution in [0.5, 0.6) is 0 Å². The summed E-state index contributed by atoms with van der Waals surface area (Å²) in [5.74, 6) is 5.26. The average molecular weight is 483 g/mol. The van der Waals surface area contributed by atoms with E-state index in [9.17, 15) is 19.2 Å². The number of hydrogen-bond acceptors (Lipinski definition) is 6. The van der Waals surface area contributed by atoms with Gasteiger partial charge >= 0.3 is 11.8 Å². The molecule has 4 rings (SSSR count). The summed E-state index contributed by atoms with van der Waals surface area (Å²) in [6, 6.07) is 4.62. The molecule has 0 radical (unpaired) electrons. The van der Waals surface area contributed by atoms with Crippen LogP contribution in [0.1, 0.15) is 51.6 Å². The van der Waals surface area contributed by atoms with E-state index >= 15 is 0 Å². The minimum atomic E-state index is -0.745. The van der Waals surface area contributed by atoms with Crippen LogP contribution >= 0.6 is 0 Å². The van der Waals surface area contributed by atoms with Gasteiger partial charge in [-0.2, -0.15) is 0 Å². The minimum absolute atomic E-state index is 0.120. The average Bonchev–Trinajstić information content (AvgIpc) is 3.35. The Kier molecular flexibility index (Phi) is 6.72. The maximum atomic E-state index is 13.0. The molecule has 10 heteroatoms. The van der Waals surface area contributed by atoms with Crippen molar-refractivity contribution < 1.29 is 23.9 Å². The number of aromatic nitrogens is 2. The second-order valence-corrected chi connectivity index (χ2v) is 9.80. The molecule has 3 heterocycles. The van der Waals surface area contributed by atoms with Crippen LogP contribution < -0.4 is 11.0 Å². The molecule has 0 spiro atoms. The number of carbonyl (C=O) groups is 3. The fraction of sp³-hybridized carbons (Fsp3) is 0.520. The van der Waals surface area contributed by atoms with Gasteiger partial charge in [0.2, 0.25) is 11.8 Å². The zero-order valence-electron chi connectivity index (χ0n) is 20.4. The number of likely N-dealkylation sites (tertiary alicyclic amines) is 1. The maximum absolute atomic E-state index is 13.0. The molecule has 2 aromatic rings. The number of ether oxygens (including phenoxy) is 2. The molecule has 0 saturated carbocycles. The highest BCUT2D eigenvalue weighted by molar-refractivity contribution is 6.00. The summed E-state index contributed by atoms with van der Waals surface area (Å²) in [6.07, 6.45) is 0.700. The molecule has 1 unspecified atom stereocenters. The van der Waals surface area contributed by atoms with Crippen LogP contribution in [-0.4, -0.2) is 63.3 Å². The fourth-order valence-corrected chi connectivity index (χ4v) is 4.42. The quantitative estimate of drug-likeness (QED) is 0.527. The summed E-state index contributed by atoms with van der Waals surface area (Å²) < 4.78 is 14.2. The lowest BCUT2D eigenvalue weighted by molar-refractivity contribution is -0.135. The van der Waals surface area contributed by atoms with E-state index in [-0.39, 0.29) is 43.2 Å². The summed E-state index contributed by atoms with van der Waals surface area (Å²) in [5.41, 5.74) is 0.960. The number of aryl methyl sites for hydroxylation is 1. The van der Waals surface area contributed by atoms with Gasteiger partial charge < -0.3 is 14.4 Å². The predicted molar refractivity (Wildman–Crippen MR) is 128 cm³/mol. The number of nitrogens with zero attached hydrogens (tertiary/aromatic N) is 3. The standard InChI is InChI=1S/C25H30N4O6/c1-25(2,3)35-24(33)28-13-12-17(15-28)34-14-6-8-16-7-5-9-18-21(16)27(4)23(32)29(18)19-10-11-20(30)26-22(19)31/h5,7,9,17,19H,10-15H2,1-4H3,(H,26,30,31)/t17-,19?/m1/s1. The summed E-state index contributed by atoms with van der Waals surface area (Å²) in [7, 11) is 1.64. The first kappa shape index (κ1) is 24.5. The minimum Gasteiger partial charge on any atom is -0.444 e. The monoisotopic (exact) mass is 482 g/mol. The van der Waals surface area contributed by atoms with Gasteiger partial charge in [0.05, 0.1) is 29.2 Å². The first-order valence-corrected chi connectivity index (χ1v) is 11.7. The number of nitrogens with one attached hydrogen (secondary N) is 1. The Morgan fingerprint density at radius 2 is 1.97 bits per heavy atom. The Hall–Kier alpha value is -3.58. The van der Waals surface area contributed by atoms with Crippen molar-refractivity contribution in [3.05, 3.63) is 34.2 Å². The van der Waals surface area contributed by atoms with Gasteiger partial charge in [0, 0.05) is 20.0 Å². The van der Waals surface area contributed by atoms with Crippen LogP contribution in [-0.2, 0) is 26.1 Å². The molecule has 35 heavy (non-hydrogen) atoms. The van der Waals surface area contributed by atoms with Crippen molar-refractivity contribution >= 4 is 28.9 Å². The maximum Gasteiger partial charge on any atom is 0.410 e. The molecule has 3 amide bonds. The van der Waals surface area contributed by atoms with Gasteiger partial charge in [-0.25, -0.2) is 9.59 Å². The van der Waals surface area contributed by atoms with E-state index in [0.717, 1.165) is 0 Å². The summed E-state index contributed by atoms with van der Waals surface area (Å²) >= 11 is 0. The highest BCUT2D eigenvalue weighted by Crippen LogP contribution is 2.24. The third kappa shape index (κ3) is 5.25. The smallest absolute Gasteiger partial charge is 0.410 e. The van der Waals surface area contributed by atoms with Crippen LogP contribution in [0.2, 0.25) is 0 Å². The molecule has 2 fully saturated rings. The van der Waals surface area contributed by atoms with Crippen LogP contribution in [0, 0.1) is 11.8 Å². The molecule has 2 aliphatic rings. The largest absolute Gasteiger partial charge is 0.444 e. The molecular weight excluding hydrogens is 452 g/mol. The van der Waals surface area contributed by atoms with E-state index in [1.807, 2.05) is 26.8 Å². The number of amides is 3. The Morgan fingerprint density at radius 1 is 1.20 bits per heavy atom. The first-order valence-electron chi connectivity index (χ1n) is 11.7. The van der Waals surface area contributed by atoms with E-state index in [2.05, 4.69) is 17.2 Å². The first-order chi connectivity index (χ1) is 16.5. The van der Waals surface area contributed by atoms with Crippen molar-refractivity contribution in [1.82, 2.24) is 19.4 Å². The summed E-state index contributed by atoms with van der Waals surface area (Å²) in [6.45, 7) is 6.70. The van der Waals surface area contributed by atoms with Crippen molar-refractivity contribution in [3.63, 3.8) is 0 Å². The van der Waals surface area contributed by atoms with E-state index in [1.54, 1.807) is 24.1 Å². The Balaban J connectivity index is 1.46. The summed E-state index contributed by atoms with van der Waals surface area (Å²) in [4.78, 5) is 50.7. The van der Waals surface area contributed by atoms with Crippen LogP contribution in [0.25, 0.3) is 11.0 Å². The Labute approximate surface area is 203 Å². The van der Waals surface area contributed by atoms with Gasteiger partial charge in [-0.1, -0.05) is 17.9 Å². The van der Waals surface area contributed by atoms with E-state index in [1.165, 1.54) is 9.13 Å². The number of hydrogen-bond donors (Lipinski definition) is 1. The van der Waals surface area contributed by atoms with E-state index < -0.39 is 17.6 Å². The van der Waals surface area contributed by atoms with Gasteiger partial charge in [-0.3, -0.25) is 24.0 Å². The van der Waals surface area contributed by atoms with Crippen molar-refractivity contribution in [2.45, 2.75) is 57.8 Å². The molecule has 0 bridgehead atoms. The number of benzene rings is 1. The van der Waals surface area contributed by atoms with Gasteiger partial charge in [-0.05, 0) is 45.7 Å². The van der Waals surface area contributed by atoms with Crippen LogP contribution in [0.4, 0.5) is 4.79 Å².